The first-order valence-electron chi connectivity index (χ1n) is 6.11. The average molecular weight is 316 g/mol. The van der Waals surface area contributed by atoms with E-state index >= 15 is 0 Å². The van der Waals surface area contributed by atoms with Crippen molar-refractivity contribution in [3.63, 3.8) is 0 Å². The summed E-state index contributed by atoms with van der Waals surface area (Å²) in [6.45, 7) is 3.55. The van der Waals surface area contributed by atoms with Gasteiger partial charge >= 0.3 is 0 Å². The second-order valence-corrected chi connectivity index (χ2v) is 6.01. The normalized spacial score (nSPS) is 25.9. The third-order valence-corrected chi connectivity index (χ3v) is 4.02. The predicted molar refractivity (Wildman–Crippen MR) is 77.4 cm³/mol. The number of rotatable bonds is 3. The molecule has 2 rings (SSSR count). The van der Waals surface area contributed by atoms with Crippen molar-refractivity contribution in [3.05, 3.63) is 33.3 Å². The van der Waals surface area contributed by atoms with E-state index in [1.165, 1.54) is 13.2 Å². The lowest BCUT2D eigenvalue weighted by Crippen LogP contribution is -2.47. The first-order chi connectivity index (χ1) is 9.30. The van der Waals surface area contributed by atoms with Crippen molar-refractivity contribution >= 4 is 34.9 Å². The molecule has 1 N–H and O–H groups in total. The number of aryl methyl sites for hydroxylation is 1. The fraction of sp³-hybridized carbons (Fsp3) is 0.429. The number of Topliss-reactive ketones (excluding diaryl/α,β-unsaturated/α-hetero) is 1. The standard InChI is InChI=1S/C14H15Cl2NO3/c1-7-4-8(15)5-9(16)10(7)11-12(18)14(2,6-20-3)17-13(11)19/h4-5,11H,6H2,1-3H3,(H,17,19). The van der Waals surface area contributed by atoms with Gasteiger partial charge in [-0.05, 0) is 37.1 Å². The zero-order valence-corrected chi connectivity index (χ0v) is 12.9. The van der Waals surface area contributed by atoms with Crippen LogP contribution in [0.2, 0.25) is 10.0 Å². The van der Waals surface area contributed by atoms with E-state index < -0.39 is 11.5 Å². The molecular weight excluding hydrogens is 301 g/mol. The highest BCUT2D eigenvalue weighted by molar-refractivity contribution is 6.36. The van der Waals surface area contributed by atoms with Gasteiger partial charge in [0.1, 0.15) is 11.5 Å². The number of amides is 1. The maximum absolute atomic E-state index is 12.6. The quantitative estimate of drug-likeness (QED) is 0.872. The molecule has 4 nitrogen and oxygen atoms in total. The van der Waals surface area contributed by atoms with Crippen LogP contribution in [0, 0.1) is 6.92 Å². The molecule has 1 aromatic carbocycles. The molecule has 0 bridgehead atoms. The van der Waals surface area contributed by atoms with Crippen molar-refractivity contribution in [2.45, 2.75) is 25.3 Å². The van der Waals surface area contributed by atoms with Crippen LogP contribution in [0.4, 0.5) is 0 Å². The van der Waals surface area contributed by atoms with Gasteiger partial charge in [-0.1, -0.05) is 23.2 Å². The molecule has 20 heavy (non-hydrogen) atoms. The summed E-state index contributed by atoms with van der Waals surface area (Å²) in [7, 11) is 1.48. The third-order valence-electron chi connectivity index (χ3n) is 3.49. The van der Waals surface area contributed by atoms with Gasteiger partial charge in [0.2, 0.25) is 5.91 Å². The van der Waals surface area contributed by atoms with E-state index in [9.17, 15) is 9.59 Å². The molecule has 0 saturated carbocycles. The van der Waals surface area contributed by atoms with Gasteiger partial charge in [0.25, 0.3) is 0 Å². The molecule has 0 spiro atoms. The molecule has 1 heterocycles. The minimum atomic E-state index is -1.02. The highest BCUT2D eigenvalue weighted by atomic mass is 35.5. The molecule has 2 unspecified atom stereocenters. The molecule has 6 heteroatoms. The number of ether oxygens (including phenoxy) is 1. The number of benzene rings is 1. The van der Waals surface area contributed by atoms with Crippen LogP contribution in [0.1, 0.15) is 24.0 Å². The Kier molecular flexibility index (Phi) is 4.09. The molecule has 1 amide bonds. The summed E-state index contributed by atoms with van der Waals surface area (Å²) in [5.74, 6) is -1.52. The Balaban J connectivity index is 2.49. The van der Waals surface area contributed by atoms with Crippen LogP contribution in [-0.2, 0) is 14.3 Å². The van der Waals surface area contributed by atoms with E-state index in [1.54, 1.807) is 19.9 Å². The van der Waals surface area contributed by atoms with Crippen LogP contribution in [-0.4, -0.2) is 30.9 Å². The summed E-state index contributed by atoms with van der Waals surface area (Å²) in [5.41, 5.74) is 0.211. The van der Waals surface area contributed by atoms with Crippen molar-refractivity contribution in [1.29, 1.82) is 0 Å². The molecule has 1 aliphatic rings. The van der Waals surface area contributed by atoms with E-state index in [0.29, 0.717) is 15.6 Å². The molecule has 0 radical (unpaired) electrons. The van der Waals surface area contributed by atoms with Gasteiger partial charge in [-0.25, -0.2) is 0 Å². The topological polar surface area (TPSA) is 55.4 Å². The predicted octanol–water partition coefficient (Wildman–Crippen LogP) is 2.49. The Morgan fingerprint density at radius 3 is 2.55 bits per heavy atom. The molecule has 108 valence electrons. The van der Waals surface area contributed by atoms with Crippen LogP contribution >= 0.6 is 23.2 Å². The summed E-state index contributed by atoms with van der Waals surface area (Å²) in [4.78, 5) is 24.7. The van der Waals surface area contributed by atoms with Gasteiger partial charge in [0.15, 0.2) is 5.78 Å². The van der Waals surface area contributed by atoms with Crippen molar-refractivity contribution in [3.8, 4) is 0 Å². The smallest absolute Gasteiger partial charge is 0.236 e. The number of halogens is 2. The highest BCUT2D eigenvalue weighted by Gasteiger charge is 2.51. The van der Waals surface area contributed by atoms with E-state index in [2.05, 4.69) is 5.32 Å². The fourth-order valence-corrected chi connectivity index (χ4v) is 3.28. The summed E-state index contributed by atoms with van der Waals surface area (Å²) < 4.78 is 5.02. The van der Waals surface area contributed by atoms with Crippen molar-refractivity contribution < 1.29 is 14.3 Å². The van der Waals surface area contributed by atoms with Gasteiger partial charge in [0, 0.05) is 17.2 Å². The summed E-state index contributed by atoms with van der Waals surface area (Å²) >= 11 is 12.1. The molecule has 1 saturated heterocycles. The molecule has 1 fully saturated rings. The van der Waals surface area contributed by atoms with Gasteiger partial charge in [-0.15, -0.1) is 0 Å². The number of ketones is 1. The van der Waals surface area contributed by atoms with Crippen LogP contribution in [0.15, 0.2) is 12.1 Å². The molecule has 1 aliphatic heterocycles. The van der Waals surface area contributed by atoms with Crippen molar-refractivity contribution in [2.75, 3.05) is 13.7 Å². The van der Waals surface area contributed by atoms with Crippen LogP contribution < -0.4 is 5.32 Å². The number of hydrogen-bond acceptors (Lipinski definition) is 3. The lowest BCUT2D eigenvalue weighted by Gasteiger charge is -2.21. The largest absolute Gasteiger partial charge is 0.382 e. The van der Waals surface area contributed by atoms with Crippen molar-refractivity contribution in [1.82, 2.24) is 5.32 Å². The van der Waals surface area contributed by atoms with Gasteiger partial charge in [-0.3, -0.25) is 9.59 Å². The molecular formula is C14H15Cl2NO3. The lowest BCUT2D eigenvalue weighted by atomic mass is 9.86. The minimum absolute atomic E-state index is 0.123. The molecule has 1 aromatic rings. The second kappa shape index (κ2) is 5.35. The van der Waals surface area contributed by atoms with E-state index in [1.807, 2.05) is 0 Å². The van der Waals surface area contributed by atoms with Crippen LogP contribution in [0.3, 0.4) is 0 Å². The Morgan fingerprint density at radius 1 is 1.35 bits per heavy atom. The van der Waals surface area contributed by atoms with Gasteiger partial charge in [0.05, 0.1) is 6.61 Å². The molecule has 0 aliphatic carbocycles. The van der Waals surface area contributed by atoms with E-state index in [4.69, 9.17) is 27.9 Å². The Hall–Kier alpha value is -1.10. The number of hydrogen-bond donors (Lipinski definition) is 1. The summed E-state index contributed by atoms with van der Waals surface area (Å²) in [6, 6.07) is 3.23. The SMILES string of the molecule is COCC1(C)NC(=O)C(c2c(C)cc(Cl)cc2Cl)C1=O. The Bertz CT molecular complexity index is 565. The fourth-order valence-electron chi connectivity index (χ4n) is 2.58. The molecule has 2 atom stereocenters. The zero-order chi connectivity index (χ0) is 15.1. The minimum Gasteiger partial charge on any atom is -0.382 e. The highest BCUT2D eigenvalue weighted by Crippen LogP contribution is 2.37. The van der Waals surface area contributed by atoms with Gasteiger partial charge in [-0.2, -0.15) is 0 Å². The third kappa shape index (κ3) is 2.43. The van der Waals surface area contributed by atoms with E-state index in [-0.39, 0.29) is 18.3 Å². The van der Waals surface area contributed by atoms with Gasteiger partial charge < -0.3 is 10.1 Å². The molecule has 0 aromatic heterocycles. The summed E-state index contributed by atoms with van der Waals surface area (Å²) in [5, 5.41) is 3.49. The number of carbonyl (C=O) groups is 2. The first kappa shape index (κ1) is 15.3. The number of nitrogens with one attached hydrogen (secondary N) is 1. The maximum Gasteiger partial charge on any atom is 0.236 e. The van der Waals surface area contributed by atoms with Crippen LogP contribution in [0.5, 0.6) is 0 Å². The number of carbonyl (C=O) groups excluding carboxylic acids is 2. The summed E-state index contributed by atoms with van der Waals surface area (Å²) in [6.07, 6.45) is 0. The van der Waals surface area contributed by atoms with E-state index in [0.717, 1.165) is 5.56 Å². The van der Waals surface area contributed by atoms with Crippen LogP contribution in [0.25, 0.3) is 0 Å². The average Bonchev–Trinajstić information content (AvgIpc) is 2.52. The van der Waals surface area contributed by atoms with Crippen molar-refractivity contribution in [2.24, 2.45) is 0 Å². The Labute approximate surface area is 127 Å². The monoisotopic (exact) mass is 315 g/mol. The lowest BCUT2D eigenvalue weighted by molar-refractivity contribution is -0.125. The number of methoxy groups -OCH3 is 1. The zero-order valence-electron chi connectivity index (χ0n) is 11.4. The first-order valence-corrected chi connectivity index (χ1v) is 6.86. The maximum atomic E-state index is 12.6. The Morgan fingerprint density at radius 2 is 2.00 bits per heavy atom. The second-order valence-electron chi connectivity index (χ2n) is 5.17.